The molecule has 0 aliphatic carbocycles. The number of hydrogen-bond donors (Lipinski definition) is 1. The van der Waals surface area contributed by atoms with E-state index >= 15 is 0 Å². The Balaban J connectivity index is 1.37. The fourth-order valence-corrected chi connectivity index (χ4v) is 5.43. The van der Waals surface area contributed by atoms with Gasteiger partial charge < -0.3 is 10.2 Å². The van der Waals surface area contributed by atoms with Crippen LogP contribution in [0.25, 0.3) is 6.08 Å². The summed E-state index contributed by atoms with van der Waals surface area (Å²) in [5.74, 6) is -0.0181. The molecule has 2 saturated heterocycles. The van der Waals surface area contributed by atoms with Crippen molar-refractivity contribution in [2.45, 2.75) is 44.9 Å². The van der Waals surface area contributed by atoms with Gasteiger partial charge in [-0.15, -0.1) is 0 Å². The number of nitrogens with one attached hydrogen (secondary N) is 1. The number of hydrogen-bond acceptors (Lipinski definition) is 4. The number of benzene rings is 1. The van der Waals surface area contributed by atoms with E-state index < -0.39 is 10.0 Å². The highest BCUT2D eigenvalue weighted by atomic mass is 32.2. The fraction of sp³-hybridized carbons (Fsp3) is 0.609. The zero-order valence-corrected chi connectivity index (χ0v) is 18.7. The summed E-state index contributed by atoms with van der Waals surface area (Å²) in [4.78, 5) is 15.0. The Labute approximate surface area is 181 Å². The zero-order valence-electron chi connectivity index (χ0n) is 17.8. The average molecular weight is 434 g/mol. The van der Waals surface area contributed by atoms with Crippen molar-refractivity contribution in [2.24, 2.45) is 5.92 Å². The molecular formula is C23H35N3O3S. The second kappa shape index (κ2) is 11.6. The van der Waals surface area contributed by atoms with Gasteiger partial charge in [0, 0.05) is 31.0 Å². The van der Waals surface area contributed by atoms with Crippen LogP contribution in [0, 0.1) is 5.92 Å². The van der Waals surface area contributed by atoms with Crippen molar-refractivity contribution in [3.05, 3.63) is 41.3 Å². The molecule has 0 aromatic heterocycles. The number of carbonyl (C=O) groups is 1. The number of sulfonamides is 1. The molecule has 0 spiro atoms. The number of carbonyl (C=O) groups excluding carboxylic acids is 1. The molecule has 1 aromatic carbocycles. The van der Waals surface area contributed by atoms with E-state index in [-0.39, 0.29) is 11.8 Å². The first kappa shape index (κ1) is 23.0. The largest absolute Gasteiger partial charge is 0.356 e. The van der Waals surface area contributed by atoms with Gasteiger partial charge >= 0.3 is 0 Å². The van der Waals surface area contributed by atoms with Crippen LogP contribution in [0.15, 0.2) is 35.7 Å². The second-order valence-corrected chi connectivity index (χ2v) is 10.2. The maximum Gasteiger partial charge on any atom is 0.236 e. The minimum atomic E-state index is -3.45. The third kappa shape index (κ3) is 7.22. The molecule has 0 bridgehead atoms. The monoisotopic (exact) mass is 433 g/mol. The number of amides is 1. The summed E-state index contributed by atoms with van der Waals surface area (Å²) in [7, 11) is -3.45. The van der Waals surface area contributed by atoms with E-state index in [9.17, 15) is 13.2 Å². The summed E-state index contributed by atoms with van der Waals surface area (Å²) in [6.07, 6.45) is 9.00. The van der Waals surface area contributed by atoms with Crippen molar-refractivity contribution in [3.63, 3.8) is 0 Å². The maximum absolute atomic E-state index is 12.6. The van der Waals surface area contributed by atoms with Crippen LogP contribution in [0.4, 0.5) is 0 Å². The van der Waals surface area contributed by atoms with E-state index in [0.717, 1.165) is 18.5 Å². The number of piperidine rings is 1. The molecule has 0 unspecified atom stereocenters. The van der Waals surface area contributed by atoms with E-state index in [1.165, 1.54) is 48.5 Å². The molecule has 2 aliphatic rings. The summed E-state index contributed by atoms with van der Waals surface area (Å²) in [5, 5.41) is 4.33. The molecule has 1 amide bonds. The van der Waals surface area contributed by atoms with Crippen LogP contribution in [0.1, 0.15) is 50.5 Å². The molecule has 0 saturated carbocycles. The van der Waals surface area contributed by atoms with Crippen molar-refractivity contribution in [1.82, 2.24) is 14.5 Å². The molecule has 0 radical (unpaired) electrons. The highest BCUT2D eigenvalue weighted by Gasteiger charge is 2.29. The first-order valence-electron chi connectivity index (χ1n) is 11.3. The van der Waals surface area contributed by atoms with Gasteiger partial charge in [0.05, 0.1) is 0 Å². The van der Waals surface area contributed by atoms with Crippen LogP contribution in [0.5, 0.6) is 0 Å². The lowest BCUT2D eigenvalue weighted by Crippen LogP contribution is -2.42. The number of rotatable bonds is 8. The minimum Gasteiger partial charge on any atom is -0.356 e. The van der Waals surface area contributed by atoms with Crippen LogP contribution in [-0.4, -0.2) is 62.8 Å². The fourth-order valence-electron chi connectivity index (χ4n) is 4.21. The van der Waals surface area contributed by atoms with Crippen molar-refractivity contribution >= 4 is 22.0 Å². The molecule has 3 rings (SSSR count). The molecule has 7 heteroatoms. The third-order valence-electron chi connectivity index (χ3n) is 6.07. The summed E-state index contributed by atoms with van der Waals surface area (Å²) in [6, 6.07) is 9.40. The first-order valence-corrected chi connectivity index (χ1v) is 12.8. The van der Waals surface area contributed by atoms with Gasteiger partial charge in [-0.05, 0) is 63.4 Å². The molecule has 6 nitrogen and oxygen atoms in total. The topological polar surface area (TPSA) is 69.7 Å². The van der Waals surface area contributed by atoms with Crippen LogP contribution in [-0.2, 0) is 14.8 Å². The predicted octanol–water partition coefficient (Wildman–Crippen LogP) is 3.08. The Kier molecular flexibility index (Phi) is 8.90. The zero-order chi connectivity index (χ0) is 21.2. The lowest BCUT2D eigenvalue weighted by atomic mass is 9.97. The first-order chi connectivity index (χ1) is 14.5. The van der Waals surface area contributed by atoms with Gasteiger partial charge in [-0.3, -0.25) is 4.79 Å². The van der Waals surface area contributed by atoms with Crippen molar-refractivity contribution < 1.29 is 13.2 Å². The van der Waals surface area contributed by atoms with Crippen LogP contribution in [0.2, 0.25) is 0 Å². The predicted molar refractivity (Wildman–Crippen MR) is 121 cm³/mol. The molecule has 2 fully saturated rings. The van der Waals surface area contributed by atoms with Gasteiger partial charge in [-0.1, -0.05) is 43.2 Å². The summed E-state index contributed by atoms with van der Waals surface area (Å²) in [6.45, 7) is 4.90. The molecule has 30 heavy (non-hydrogen) atoms. The maximum atomic E-state index is 12.6. The van der Waals surface area contributed by atoms with E-state index in [4.69, 9.17) is 0 Å². The number of likely N-dealkylation sites (tertiary alicyclic amines) is 1. The Hall–Kier alpha value is -1.70. The average Bonchev–Trinajstić information content (AvgIpc) is 3.05. The van der Waals surface area contributed by atoms with Crippen LogP contribution in [0.3, 0.4) is 0 Å². The van der Waals surface area contributed by atoms with Crippen LogP contribution >= 0.6 is 0 Å². The summed E-state index contributed by atoms with van der Waals surface area (Å²) < 4.78 is 26.6. The van der Waals surface area contributed by atoms with Crippen molar-refractivity contribution in [1.29, 1.82) is 0 Å². The van der Waals surface area contributed by atoms with E-state index in [1.807, 2.05) is 30.3 Å². The van der Waals surface area contributed by atoms with Crippen LogP contribution < -0.4 is 5.32 Å². The third-order valence-corrected chi connectivity index (χ3v) is 7.63. The second-order valence-electron chi connectivity index (χ2n) is 8.33. The smallest absolute Gasteiger partial charge is 0.236 e. The van der Waals surface area contributed by atoms with Gasteiger partial charge in [0.2, 0.25) is 15.9 Å². The molecule has 2 aliphatic heterocycles. The Bertz CT molecular complexity index is 779. The van der Waals surface area contributed by atoms with E-state index in [0.29, 0.717) is 32.5 Å². The number of nitrogens with zero attached hydrogens (tertiary/aromatic N) is 2. The standard InChI is InChI=1S/C23H35N3O3S/c27-23(24-14-8-17-25-15-6-1-2-7-16-25)22-11-18-26(19-12-22)30(28,29)20-13-21-9-4-3-5-10-21/h3-5,9-10,13,20,22H,1-2,6-8,11-12,14-19H2,(H,24,27). The molecule has 166 valence electrons. The SMILES string of the molecule is O=C(NCCCN1CCCCCC1)C1CCN(S(=O)(=O)C=Cc2ccccc2)CC1. The molecule has 0 atom stereocenters. The molecule has 1 N–H and O–H groups in total. The van der Waals surface area contributed by atoms with Gasteiger partial charge in [0.15, 0.2) is 0 Å². The molecular weight excluding hydrogens is 398 g/mol. The van der Waals surface area contributed by atoms with Gasteiger partial charge in [0.25, 0.3) is 0 Å². The lowest BCUT2D eigenvalue weighted by molar-refractivity contribution is -0.126. The highest BCUT2D eigenvalue weighted by molar-refractivity contribution is 7.92. The van der Waals surface area contributed by atoms with E-state index in [1.54, 1.807) is 6.08 Å². The van der Waals surface area contributed by atoms with Crippen molar-refractivity contribution in [3.8, 4) is 0 Å². The van der Waals surface area contributed by atoms with Gasteiger partial charge in [-0.2, -0.15) is 4.31 Å². The van der Waals surface area contributed by atoms with E-state index in [2.05, 4.69) is 10.2 Å². The minimum absolute atomic E-state index is 0.0720. The molecule has 2 heterocycles. The Morgan fingerprint density at radius 3 is 2.33 bits per heavy atom. The quantitative estimate of drug-likeness (QED) is 0.640. The lowest BCUT2D eigenvalue weighted by Gasteiger charge is -2.29. The van der Waals surface area contributed by atoms with Gasteiger partial charge in [-0.25, -0.2) is 8.42 Å². The highest BCUT2D eigenvalue weighted by Crippen LogP contribution is 2.21. The Morgan fingerprint density at radius 1 is 1.00 bits per heavy atom. The van der Waals surface area contributed by atoms with Crippen molar-refractivity contribution in [2.75, 3.05) is 39.3 Å². The normalized spacial score (nSPS) is 20.3. The van der Waals surface area contributed by atoms with Gasteiger partial charge in [0.1, 0.15) is 0 Å². The summed E-state index contributed by atoms with van der Waals surface area (Å²) in [5.41, 5.74) is 0.857. The molecule has 1 aromatic rings. The summed E-state index contributed by atoms with van der Waals surface area (Å²) >= 11 is 0. The Morgan fingerprint density at radius 2 is 1.67 bits per heavy atom.